The molecule has 0 aromatic heterocycles. The molecule has 2 N–H and O–H groups in total. The van der Waals surface area contributed by atoms with Crippen molar-refractivity contribution < 1.29 is 41.2 Å². The number of sulfone groups is 1. The summed E-state index contributed by atoms with van der Waals surface area (Å²) in [5.41, 5.74) is -0.353. The SMILES string of the molecule is CC1(C)NC(=O)N(C[C@@H](CS(=O)(=O)C2(C(F)(F)F)C=CC(c3ccccc3)=CC2)N(O)C=O)C1=O. The zero-order valence-electron chi connectivity index (χ0n) is 18.8. The van der Waals surface area contributed by atoms with Crippen molar-refractivity contribution in [3.8, 4) is 0 Å². The molecule has 9 nitrogen and oxygen atoms in total. The van der Waals surface area contributed by atoms with Crippen molar-refractivity contribution in [1.29, 1.82) is 0 Å². The first-order valence-electron chi connectivity index (χ1n) is 10.5. The Morgan fingerprint density at radius 1 is 1.23 bits per heavy atom. The van der Waals surface area contributed by atoms with Gasteiger partial charge in [-0.1, -0.05) is 48.6 Å². The van der Waals surface area contributed by atoms with Crippen molar-refractivity contribution in [2.45, 2.75) is 42.8 Å². The van der Waals surface area contributed by atoms with E-state index in [-0.39, 0.29) is 11.5 Å². The van der Waals surface area contributed by atoms with Crippen LogP contribution in [0.25, 0.3) is 5.57 Å². The highest BCUT2D eigenvalue weighted by Crippen LogP contribution is 2.45. The van der Waals surface area contributed by atoms with Crippen LogP contribution < -0.4 is 5.32 Å². The minimum atomic E-state index is -5.24. The predicted octanol–water partition coefficient (Wildman–Crippen LogP) is 2.29. The Balaban J connectivity index is 1.94. The van der Waals surface area contributed by atoms with E-state index >= 15 is 0 Å². The van der Waals surface area contributed by atoms with Crippen LogP contribution in [0.4, 0.5) is 18.0 Å². The molecule has 1 aliphatic carbocycles. The van der Waals surface area contributed by atoms with Gasteiger partial charge in [0.2, 0.25) is 6.41 Å². The fourth-order valence-corrected chi connectivity index (χ4v) is 6.01. The minimum absolute atomic E-state index is 0.148. The second-order valence-corrected chi connectivity index (χ2v) is 11.1. The number of hydrogen-bond acceptors (Lipinski definition) is 6. The molecule has 1 unspecified atom stereocenters. The van der Waals surface area contributed by atoms with Crippen LogP contribution in [0.5, 0.6) is 0 Å². The molecule has 3 rings (SSSR count). The maximum Gasteiger partial charge on any atom is 0.411 e. The van der Waals surface area contributed by atoms with E-state index in [9.17, 15) is 41.2 Å². The van der Waals surface area contributed by atoms with E-state index in [0.29, 0.717) is 22.1 Å². The number of urea groups is 1. The monoisotopic (exact) mass is 515 g/mol. The summed E-state index contributed by atoms with van der Waals surface area (Å²) >= 11 is 0. The summed E-state index contributed by atoms with van der Waals surface area (Å²) in [5.74, 6) is -2.15. The van der Waals surface area contributed by atoms with Gasteiger partial charge in [-0.2, -0.15) is 13.2 Å². The number of hydroxylamine groups is 2. The van der Waals surface area contributed by atoms with Gasteiger partial charge >= 0.3 is 12.2 Å². The van der Waals surface area contributed by atoms with Crippen molar-refractivity contribution >= 4 is 33.8 Å². The van der Waals surface area contributed by atoms with Crippen LogP contribution in [-0.4, -0.2) is 76.7 Å². The number of amides is 4. The molecule has 2 aliphatic rings. The fourth-order valence-electron chi connectivity index (χ4n) is 3.98. The number of halogens is 3. The quantitative estimate of drug-likeness (QED) is 0.237. The third-order valence-corrected chi connectivity index (χ3v) is 8.50. The Kier molecular flexibility index (Phi) is 6.88. The molecule has 0 spiro atoms. The average molecular weight is 516 g/mol. The molecule has 4 amide bonds. The van der Waals surface area contributed by atoms with Crippen molar-refractivity contribution in [3.63, 3.8) is 0 Å². The summed E-state index contributed by atoms with van der Waals surface area (Å²) < 4.78 is 65.9. The van der Waals surface area contributed by atoms with Crippen molar-refractivity contribution in [2.24, 2.45) is 0 Å². The normalized spacial score (nSPS) is 23.0. The summed E-state index contributed by atoms with van der Waals surface area (Å²) in [5, 5.41) is 12.1. The van der Waals surface area contributed by atoms with Crippen LogP contribution in [0.3, 0.4) is 0 Å². The molecule has 13 heteroatoms. The fraction of sp³-hybridized carbons (Fsp3) is 0.409. The maximum atomic E-state index is 14.3. The summed E-state index contributed by atoms with van der Waals surface area (Å²) in [7, 11) is -5.15. The molecule has 0 saturated carbocycles. The van der Waals surface area contributed by atoms with Gasteiger partial charge in [-0.15, -0.1) is 0 Å². The van der Waals surface area contributed by atoms with E-state index in [1.54, 1.807) is 30.3 Å². The summed E-state index contributed by atoms with van der Waals surface area (Å²) in [6.07, 6.45) is -3.60. The lowest BCUT2D eigenvalue weighted by Crippen LogP contribution is -2.56. The van der Waals surface area contributed by atoms with Crippen LogP contribution in [-0.2, 0) is 19.4 Å². The van der Waals surface area contributed by atoms with E-state index in [0.717, 1.165) is 12.2 Å². The second kappa shape index (κ2) is 9.11. The topological polar surface area (TPSA) is 124 Å². The largest absolute Gasteiger partial charge is 0.411 e. The Labute approximate surface area is 199 Å². The first-order valence-corrected chi connectivity index (χ1v) is 12.1. The van der Waals surface area contributed by atoms with Crippen molar-refractivity contribution in [3.05, 3.63) is 54.1 Å². The number of benzene rings is 1. The molecule has 1 aliphatic heterocycles. The average Bonchev–Trinajstić information content (AvgIpc) is 2.99. The van der Waals surface area contributed by atoms with E-state index in [1.807, 2.05) is 0 Å². The van der Waals surface area contributed by atoms with E-state index in [1.165, 1.54) is 13.8 Å². The summed E-state index contributed by atoms with van der Waals surface area (Å²) in [6, 6.07) is 5.64. The highest BCUT2D eigenvalue weighted by atomic mass is 32.2. The van der Waals surface area contributed by atoms with Gasteiger partial charge in [0.05, 0.1) is 18.3 Å². The van der Waals surface area contributed by atoms with E-state index in [4.69, 9.17) is 0 Å². The lowest BCUT2D eigenvalue weighted by molar-refractivity contribution is -0.160. The van der Waals surface area contributed by atoms with Gasteiger partial charge in [-0.25, -0.2) is 18.3 Å². The molecule has 2 atom stereocenters. The molecule has 1 aromatic carbocycles. The van der Waals surface area contributed by atoms with E-state index < -0.39 is 63.0 Å². The van der Waals surface area contributed by atoms with Gasteiger partial charge in [0, 0.05) is 0 Å². The number of allylic oxidation sites excluding steroid dienone is 3. The molecule has 1 heterocycles. The highest BCUT2D eigenvalue weighted by Gasteiger charge is 2.62. The van der Waals surface area contributed by atoms with E-state index in [2.05, 4.69) is 5.32 Å². The van der Waals surface area contributed by atoms with Gasteiger partial charge in [0.15, 0.2) is 14.6 Å². The molecule has 1 aromatic rings. The number of carbonyl (C=O) groups is 3. The molecule has 0 bridgehead atoms. The first kappa shape index (κ1) is 26.4. The molecule has 1 saturated heterocycles. The predicted molar refractivity (Wildman–Crippen MR) is 119 cm³/mol. The standard InChI is InChI=1S/C22H24F3N3O6S/c1-20(2)18(30)27(19(31)26-20)12-17(28(32)14-29)13-35(33,34)21(22(23,24)25)10-8-16(9-11-21)15-6-4-3-5-7-15/h3-10,14,17,32H,11-13H2,1-2H3,(H,26,31)/t17-,21?/m0/s1. The van der Waals surface area contributed by atoms with Crippen LogP contribution in [0.15, 0.2) is 48.6 Å². The molecule has 190 valence electrons. The summed E-state index contributed by atoms with van der Waals surface area (Å²) in [4.78, 5) is 36.3. The second-order valence-electron chi connectivity index (χ2n) is 8.84. The number of hydrogen-bond donors (Lipinski definition) is 2. The lowest BCUT2D eigenvalue weighted by Gasteiger charge is -2.36. The Morgan fingerprint density at radius 2 is 1.86 bits per heavy atom. The molecule has 1 fully saturated rings. The molecule has 35 heavy (non-hydrogen) atoms. The van der Waals surface area contributed by atoms with Crippen molar-refractivity contribution in [1.82, 2.24) is 15.3 Å². The number of nitrogens with zero attached hydrogens (tertiary/aromatic N) is 2. The Morgan fingerprint density at radius 3 is 2.31 bits per heavy atom. The Hall–Kier alpha value is -3.19. The number of carbonyl (C=O) groups excluding carboxylic acids is 3. The van der Waals surface area contributed by atoms with Crippen LogP contribution in [0, 0.1) is 0 Å². The highest BCUT2D eigenvalue weighted by molar-refractivity contribution is 7.93. The maximum absolute atomic E-state index is 14.3. The van der Waals surface area contributed by atoms with Gasteiger partial charge in [-0.3, -0.25) is 19.7 Å². The van der Waals surface area contributed by atoms with Gasteiger partial charge in [0.25, 0.3) is 5.91 Å². The zero-order chi connectivity index (χ0) is 26.2. The third-order valence-electron chi connectivity index (χ3n) is 6.03. The smallest absolute Gasteiger partial charge is 0.324 e. The number of alkyl halides is 3. The first-order chi connectivity index (χ1) is 16.1. The van der Waals surface area contributed by atoms with Gasteiger partial charge in [0.1, 0.15) is 5.54 Å². The number of imide groups is 1. The Bertz CT molecular complexity index is 1180. The third kappa shape index (κ3) is 4.82. The molecular formula is C22H24F3N3O6S. The van der Waals surface area contributed by atoms with Crippen LogP contribution in [0.1, 0.15) is 25.8 Å². The number of nitrogens with one attached hydrogen (secondary N) is 1. The van der Waals surface area contributed by atoms with Crippen LogP contribution >= 0.6 is 0 Å². The van der Waals surface area contributed by atoms with Crippen molar-refractivity contribution in [2.75, 3.05) is 12.3 Å². The van der Waals surface area contributed by atoms with Gasteiger partial charge < -0.3 is 5.32 Å². The van der Waals surface area contributed by atoms with Gasteiger partial charge in [-0.05, 0) is 31.4 Å². The number of rotatable bonds is 8. The molecule has 0 radical (unpaired) electrons. The minimum Gasteiger partial charge on any atom is -0.324 e. The summed E-state index contributed by atoms with van der Waals surface area (Å²) in [6.45, 7) is 1.92. The van der Waals surface area contributed by atoms with Crippen LogP contribution in [0.2, 0.25) is 0 Å². The molecular weight excluding hydrogens is 491 g/mol. The lowest BCUT2D eigenvalue weighted by atomic mass is 9.92. The zero-order valence-corrected chi connectivity index (χ0v) is 19.6.